The van der Waals surface area contributed by atoms with Crippen molar-refractivity contribution in [2.75, 3.05) is 37.4 Å². The highest BCUT2D eigenvalue weighted by molar-refractivity contribution is 7.93. The minimum Gasteiger partial charge on any atom is -0.497 e. The van der Waals surface area contributed by atoms with Crippen LogP contribution in [0.25, 0.3) is 0 Å². The Morgan fingerprint density at radius 2 is 1.64 bits per heavy atom. The van der Waals surface area contributed by atoms with Gasteiger partial charge in [-0.3, -0.25) is 9.10 Å². The standard InChI is InChI=1S/C32H41N3O7S.ClH/c1-22(2)42-29-17-25(16-26(18-29)35-11-8-12-43(35,38)39)32(37)34-30(15-23-9-6-5-7-10-23)31(36)21-33-20-24-13-27(40-3)19-28(14-24)41-4;/h5-7,9-10,13-14,16-19,22,30-31,33,36H,8,11-12,15,20-21H2,1-4H3,(H,34,37);1H/t30-,31+;/m0./s1. The second-order valence-electron chi connectivity index (χ2n) is 10.8. The molecule has 12 heteroatoms. The van der Waals surface area contributed by atoms with Crippen LogP contribution in [0, 0.1) is 0 Å². The Kier molecular flexibility index (Phi) is 12.7. The van der Waals surface area contributed by atoms with Crippen molar-refractivity contribution in [1.82, 2.24) is 10.6 Å². The number of carbonyl (C=O) groups is 1. The van der Waals surface area contributed by atoms with E-state index in [4.69, 9.17) is 14.2 Å². The average Bonchev–Trinajstić information content (AvgIpc) is 3.35. The highest BCUT2D eigenvalue weighted by Gasteiger charge is 2.30. The van der Waals surface area contributed by atoms with E-state index in [9.17, 15) is 18.3 Å². The quantitative estimate of drug-likeness (QED) is 0.240. The summed E-state index contributed by atoms with van der Waals surface area (Å²) in [7, 11) is -0.290. The molecule has 1 aliphatic heterocycles. The molecular formula is C32H42ClN3O7S. The lowest BCUT2D eigenvalue weighted by atomic mass is 10.00. The summed E-state index contributed by atoms with van der Waals surface area (Å²) in [6.45, 7) is 4.71. The molecule has 0 unspecified atom stereocenters. The van der Waals surface area contributed by atoms with E-state index >= 15 is 0 Å². The zero-order valence-electron chi connectivity index (χ0n) is 25.5. The number of rotatable bonds is 14. The number of anilines is 1. The zero-order valence-corrected chi connectivity index (χ0v) is 27.1. The summed E-state index contributed by atoms with van der Waals surface area (Å²) in [5.74, 6) is 1.34. The molecule has 0 bridgehead atoms. The van der Waals surface area contributed by atoms with Crippen molar-refractivity contribution in [3.63, 3.8) is 0 Å². The number of halogens is 1. The summed E-state index contributed by atoms with van der Waals surface area (Å²) in [5, 5.41) is 17.5. The van der Waals surface area contributed by atoms with E-state index in [1.807, 2.05) is 56.3 Å². The molecule has 0 spiro atoms. The van der Waals surface area contributed by atoms with Crippen molar-refractivity contribution in [3.8, 4) is 17.2 Å². The molecule has 3 N–H and O–H groups in total. The maximum absolute atomic E-state index is 13.7. The Hall–Kier alpha value is -3.51. The first-order valence-electron chi connectivity index (χ1n) is 14.4. The van der Waals surface area contributed by atoms with Gasteiger partial charge in [0.15, 0.2) is 0 Å². The van der Waals surface area contributed by atoms with E-state index in [1.54, 1.807) is 38.5 Å². The predicted molar refractivity (Wildman–Crippen MR) is 174 cm³/mol. The lowest BCUT2D eigenvalue weighted by Gasteiger charge is -2.26. The first-order valence-corrected chi connectivity index (χ1v) is 16.0. The molecule has 4 rings (SSSR count). The number of amides is 1. The second kappa shape index (κ2) is 16.0. The van der Waals surface area contributed by atoms with Crippen molar-refractivity contribution in [3.05, 3.63) is 83.4 Å². The van der Waals surface area contributed by atoms with Gasteiger partial charge in [-0.05, 0) is 62.1 Å². The molecule has 3 aromatic rings. The molecule has 1 saturated heterocycles. The lowest BCUT2D eigenvalue weighted by Crippen LogP contribution is -2.48. The fourth-order valence-electron chi connectivity index (χ4n) is 5.01. The monoisotopic (exact) mass is 647 g/mol. The topological polar surface area (TPSA) is 126 Å². The number of hydrogen-bond acceptors (Lipinski definition) is 8. The molecule has 0 radical (unpaired) electrons. The van der Waals surface area contributed by atoms with Crippen molar-refractivity contribution >= 4 is 34.0 Å². The largest absolute Gasteiger partial charge is 0.497 e. The van der Waals surface area contributed by atoms with Crippen LogP contribution >= 0.6 is 12.4 Å². The summed E-state index contributed by atoms with van der Waals surface area (Å²) in [5.41, 5.74) is 2.50. The minimum atomic E-state index is -3.47. The van der Waals surface area contributed by atoms with Crippen LogP contribution in [0.3, 0.4) is 0 Å². The maximum atomic E-state index is 13.7. The van der Waals surface area contributed by atoms with Gasteiger partial charge >= 0.3 is 0 Å². The van der Waals surface area contributed by atoms with Gasteiger partial charge in [-0.2, -0.15) is 0 Å². The van der Waals surface area contributed by atoms with Crippen LogP contribution in [-0.2, 0) is 23.0 Å². The summed E-state index contributed by atoms with van der Waals surface area (Å²) in [6, 6.07) is 19.3. The van der Waals surface area contributed by atoms with Crippen molar-refractivity contribution in [2.45, 2.75) is 51.5 Å². The molecule has 2 atom stereocenters. The van der Waals surface area contributed by atoms with E-state index in [-0.39, 0.29) is 36.4 Å². The Bertz CT molecular complexity index is 1470. The number of methoxy groups -OCH3 is 2. The van der Waals surface area contributed by atoms with E-state index in [0.717, 1.165) is 11.1 Å². The summed E-state index contributed by atoms with van der Waals surface area (Å²) >= 11 is 0. The number of aliphatic hydroxyl groups excluding tert-OH is 1. The first kappa shape index (κ1) is 35.0. The lowest BCUT2D eigenvalue weighted by molar-refractivity contribution is 0.0829. The van der Waals surface area contributed by atoms with Crippen LogP contribution in [0.5, 0.6) is 17.2 Å². The van der Waals surface area contributed by atoms with Gasteiger partial charge in [-0.25, -0.2) is 8.42 Å². The highest BCUT2D eigenvalue weighted by atomic mass is 35.5. The van der Waals surface area contributed by atoms with Crippen molar-refractivity contribution < 1.29 is 32.5 Å². The molecule has 0 aliphatic carbocycles. The molecule has 0 saturated carbocycles. The van der Waals surface area contributed by atoms with Gasteiger partial charge in [0.2, 0.25) is 10.0 Å². The van der Waals surface area contributed by atoms with Gasteiger partial charge in [0.1, 0.15) is 17.2 Å². The number of nitrogens with one attached hydrogen (secondary N) is 2. The number of carbonyl (C=O) groups excluding carboxylic acids is 1. The average molecular weight is 648 g/mol. The molecule has 1 heterocycles. The molecule has 44 heavy (non-hydrogen) atoms. The van der Waals surface area contributed by atoms with Gasteiger partial charge in [-0.1, -0.05) is 30.3 Å². The van der Waals surface area contributed by atoms with E-state index in [0.29, 0.717) is 48.9 Å². The van der Waals surface area contributed by atoms with E-state index in [1.165, 1.54) is 4.31 Å². The molecule has 10 nitrogen and oxygen atoms in total. The molecule has 1 aliphatic rings. The van der Waals surface area contributed by atoms with Crippen LogP contribution in [0.15, 0.2) is 66.7 Å². The number of sulfonamides is 1. The van der Waals surface area contributed by atoms with Crippen LogP contribution in [0.2, 0.25) is 0 Å². The third-order valence-corrected chi connectivity index (χ3v) is 8.96. The van der Waals surface area contributed by atoms with E-state index in [2.05, 4.69) is 10.6 Å². The van der Waals surface area contributed by atoms with E-state index < -0.39 is 28.1 Å². The Morgan fingerprint density at radius 1 is 0.955 bits per heavy atom. The number of hydrogen-bond donors (Lipinski definition) is 3. The van der Waals surface area contributed by atoms with Gasteiger partial charge in [-0.15, -0.1) is 12.4 Å². The third kappa shape index (κ3) is 9.49. The fraction of sp³-hybridized carbons (Fsp3) is 0.406. The third-order valence-electron chi connectivity index (χ3n) is 7.09. The highest BCUT2D eigenvalue weighted by Crippen LogP contribution is 2.30. The maximum Gasteiger partial charge on any atom is 0.251 e. The number of ether oxygens (including phenoxy) is 3. The van der Waals surface area contributed by atoms with Crippen LogP contribution in [0.1, 0.15) is 41.8 Å². The molecular weight excluding hydrogens is 606 g/mol. The van der Waals surface area contributed by atoms with Crippen LogP contribution in [0.4, 0.5) is 5.69 Å². The number of aliphatic hydroxyl groups is 1. The van der Waals surface area contributed by atoms with Gasteiger partial charge in [0.25, 0.3) is 5.91 Å². The zero-order chi connectivity index (χ0) is 31.0. The minimum absolute atomic E-state index is 0. The molecule has 1 fully saturated rings. The molecule has 240 valence electrons. The van der Waals surface area contributed by atoms with Crippen LogP contribution in [-0.4, -0.2) is 70.7 Å². The Morgan fingerprint density at radius 3 is 2.23 bits per heavy atom. The smallest absolute Gasteiger partial charge is 0.251 e. The van der Waals surface area contributed by atoms with Crippen molar-refractivity contribution in [1.29, 1.82) is 0 Å². The van der Waals surface area contributed by atoms with Gasteiger partial charge in [0.05, 0.1) is 43.9 Å². The Labute approximate surface area is 266 Å². The summed E-state index contributed by atoms with van der Waals surface area (Å²) in [6.07, 6.45) is -0.215. The predicted octanol–water partition coefficient (Wildman–Crippen LogP) is 3.94. The van der Waals surface area contributed by atoms with Gasteiger partial charge in [0, 0.05) is 37.3 Å². The first-order chi connectivity index (χ1) is 20.6. The SMILES string of the molecule is COc1cc(CNC[C@@H](O)[C@H](Cc2ccccc2)NC(=O)c2cc(OC(C)C)cc(N3CCCS3(=O)=O)c2)cc(OC)c1.Cl. The fourth-order valence-corrected chi connectivity index (χ4v) is 6.55. The normalized spacial score (nSPS) is 15.3. The summed E-state index contributed by atoms with van der Waals surface area (Å²) < 4.78 is 43.2. The molecule has 1 amide bonds. The number of benzene rings is 3. The van der Waals surface area contributed by atoms with Gasteiger partial charge < -0.3 is 30.0 Å². The van der Waals surface area contributed by atoms with Crippen LogP contribution < -0.4 is 29.1 Å². The van der Waals surface area contributed by atoms with Crippen molar-refractivity contribution in [2.24, 2.45) is 0 Å². The Balaban J connectivity index is 0.00000529. The second-order valence-corrected chi connectivity index (χ2v) is 12.8. The molecule has 3 aromatic carbocycles. The summed E-state index contributed by atoms with van der Waals surface area (Å²) in [4.78, 5) is 13.7. The number of nitrogens with zero attached hydrogens (tertiary/aromatic N) is 1. The molecule has 0 aromatic heterocycles.